The Labute approximate surface area is 170 Å². The Kier molecular flexibility index (Phi) is 5.10. The number of piperidine rings is 1. The van der Waals surface area contributed by atoms with Crippen LogP contribution in [0.2, 0.25) is 5.02 Å². The summed E-state index contributed by atoms with van der Waals surface area (Å²) in [5.41, 5.74) is 0.908. The molecule has 2 N–H and O–H groups in total. The predicted octanol–water partition coefficient (Wildman–Crippen LogP) is 1.34. The van der Waals surface area contributed by atoms with Gasteiger partial charge in [0.2, 0.25) is 0 Å². The summed E-state index contributed by atoms with van der Waals surface area (Å²) in [5, 5.41) is 9.71. The topological polar surface area (TPSA) is 121 Å². The zero-order valence-electron chi connectivity index (χ0n) is 15.8. The van der Waals surface area contributed by atoms with Gasteiger partial charge in [-0.3, -0.25) is 14.6 Å². The number of aromatic nitrogens is 4. The molecule has 0 spiro atoms. The Bertz CT molecular complexity index is 1180. The van der Waals surface area contributed by atoms with E-state index in [1.165, 1.54) is 0 Å². The minimum atomic E-state index is -0.749. The van der Waals surface area contributed by atoms with Crippen LogP contribution in [0.25, 0.3) is 22.6 Å². The summed E-state index contributed by atoms with van der Waals surface area (Å²) >= 11 is 6.31. The van der Waals surface area contributed by atoms with Gasteiger partial charge in [-0.1, -0.05) is 11.6 Å². The van der Waals surface area contributed by atoms with Gasteiger partial charge in [0, 0.05) is 18.1 Å². The van der Waals surface area contributed by atoms with E-state index in [-0.39, 0.29) is 17.4 Å². The monoisotopic (exact) mass is 417 g/mol. The molecule has 0 saturated carbocycles. The highest BCUT2D eigenvalue weighted by Gasteiger charge is 2.25. The van der Waals surface area contributed by atoms with Gasteiger partial charge in [-0.15, -0.1) is 0 Å². The molecule has 0 radical (unpaired) electrons. The molecule has 0 bridgehead atoms. The van der Waals surface area contributed by atoms with Crippen molar-refractivity contribution < 1.29 is 9.90 Å². The maximum atomic E-state index is 12.3. The summed E-state index contributed by atoms with van der Waals surface area (Å²) in [5.74, 6) is -0.834. The molecule has 4 rings (SSSR count). The van der Waals surface area contributed by atoms with E-state index in [2.05, 4.69) is 19.9 Å². The van der Waals surface area contributed by atoms with Crippen LogP contribution in [-0.4, -0.2) is 55.1 Å². The molecule has 0 atom stereocenters. The molecule has 10 heteroatoms. The maximum absolute atomic E-state index is 12.3. The molecule has 3 aliphatic rings. The van der Waals surface area contributed by atoms with Gasteiger partial charge >= 0.3 is 11.7 Å². The highest BCUT2D eigenvalue weighted by Crippen LogP contribution is 2.26. The van der Waals surface area contributed by atoms with Gasteiger partial charge in [0.15, 0.2) is 11.5 Å². The normalized spacial score (nSPS) is 15.9. The van der Waals surface area contributed by atoms with Crippen molar-refractivity contribution in [2.24, 2.45) is 5.92 Å². The number of H-pyrrole nitrogens is 1. The molecule has 1 aromatic carbocycles. The van der Waals surface area contributed by atoms with Crippen molar-refractivity contribution in [1.82, 2.24) is 24.4 Å². The number of nitrogens with zero attached hydrogens (tertiary/aromatic N) is 4. The van der Waals surface area contributed by atoms with Crippen LogP contribution < -0.4 is 11.2 Å². The molecule has 3 heterocycles. The molecule has 1 aromatic rings. The molecule has 29 heavy (non-hydrogen) atoms. The van der Waals surface area contributed by atoms with Gasteiger partial charge in [0.25, 0.3) is 5.56 Å². The first-order valence-electron chi connectivity index (χ1n) is 9.39. The Morgan fingerprint density at radius 3 is 2.66 bits per heavy atom. The van der Waals surface area contributed by atoms with Crippen LogP contribution in [0.1, 0.15) is 18.4 Å². The van der Waals surface area contributed by atoms with E-state index in [1.807, 2.05) is 6.92 Å². The summed E-state index contributed by atoms with van der Waals surface area (Å²) in [6.45, 7) is 4.30. The van der Waals surface area contributed by atoms with Crippen molar-refractivity contribution in [3.05, 3.63) is 43.6 Å². The van der Waals surface area contributed by atoms with Crippen LogP contribution in [-0.2, 0) is 11.3 Å². The number of hydrogen-bond donors (Lipinski definition) is 2. The zero-order chi connectivity index (χ0) is 20.7. The van der Waals surface area contributed by atoms with Gasteiger partial charge in [-0.05, 0) is 50.6 Å². The Balaban J connectivity index is 1.73. The number of aromatic amines is 1. The lowest BCUT2D eigenvalue weighted by atomic mass is 9.97. The molecule has 0 unspecified atom stereocenters. The third-order valence-corrected chi connectivity index (χ3v) is 5.87. The average molecular weight is 418 g/mol. The largest absolute Gasteiger partial charge is 0.481 e. The second kappa shape index (κ2) is 7.57. The van der Waals surface area contributed by atoms with Crippen molar-refractivity contribution in [3.63, 3.8) is 0 Å². The third kappa shape index (κ3) is 3.75. The van der Waals surface area contributed by atoms with Crippen LogP contribution in [0.3, 0.4) is 0 Å². The molecule has 1 fully saturated rings. The number of aryl methyl sites for hydroxylation is 1. The summed E-state index contributed by atoms with van der Waals surface area (Å²) in [6.07, 6.45) is 1.21. The van der Waals surface area contributed by atoms with E-state index in [0.29, 0.717) is 55.1 Å². The van der Waals surface area contributed by atoms with E-state index in [1.54, 1.807) is 16.7 Å². The predicted molar refractivity (Wildman–Crippen MR) is 108 cm³/mol. The van der Waals surface area contributed by atoms with Crippen molar-refractivity contribution >= 4 is 28.6 Å². The van der Waals surface area contributed by atoms with Gasteiger partial charge < -0.3 is 14.6 Å². The number of benzene rings is 1. The molecule has 0 aromatic heterocycles. The number of rotatable bonds is 4. The molecular formula is C19H20ClN5O4. The lowest BCUT2D eigenvalue weighted by Gasteiger charge is -2.30. The number of carboxylic acid groups (broad SMARTS) is 1. The third-order valence-electron chi connectivity index (χ3n) is 5.47. The first kappa shape index (κ1) is 19.5. The van der Waals surface area contributed by atoms with E-state index < -0.39 is 17.2 Å². The number of fused-ring (bicyclic) bond motifs is 2. The summed E-state index contributed by atoms with van der Waals surface area (Å²) in [7, 11) is 0. The molecular weight excluding hydrogens is 398 g/mol. The highest BCUT2D eigenvalue weighted by molar-refractivity contribution is 6.32. The second-order valence-corrected chi connectivity index (χ2v) is 7.76. The Hall–Kier alpha value is -2.78. The molecule has 0 amide bonds. The van der Waals surface area contributed by atoms with Crippen molar-refractivity contribution in [1.29, 1.82) is 0 Å². The summed E-state index contributed by atoms with van der Waals surface area (Å²) < 4.78 is 1.79. The molecule has 1 saturated heterocycles. The number of likely N-dealkylation sites (tertiary alicyclic amines) is 1. The van der Waals surface area contributed by atoms with E-state index in [9.17, 15) is 14.4 Å². The fraction of sp³-hybridized carbons (Fsp3) is 0.421. The number of hydrogen-bond acceptors (Lipinski definition) is 6. The van der Waals surface area contributed by atoms with Crippen LogP contribution >= 0.6 is 11.6 Å². The van der Waals surface area contributed by atoms with Crippen LogP contribution in [0.4, 0.5) is 0 Å². The fourth-order valence-corrected chi connectivity index (χ4v) is 3.95. The highest BCUT2D eigenvalue weighted by atomic mass is 35.5. The van der Waals surface area contributed by atoms with E-state index in [4.69, 9.17) is 16.7 Å². The fourth-order valence-electron chi connectivity index (χ4n) is 3.79. The molecule has 0 aliphatic carbocycles. The van der Waals surface area contributed by atoms with Crippen LogP contribution in [0, 0.1) is 12.8 Å². The number of carbonyl (C=O) groups is 1. The summed E-state index contributed by atoms with van der Waals surface area (Å²) in [6, 6.07) is 3.57. The minimum absolute atomic E-state index is 0.100. The summed E-state index contributed by atoms with van der Waals surface area (Å²) in [4.78, 5) is 48.0. The van der Waals surface area contributed by atoms with Crippen molar-refractivity contribution in [2.75, 3.05) is 19.6 Å². The maximum Gasteiger partial charge on any atom is 0.349 e. The number of carboxylic acids is 1. The van der Waals surface area contributed by atoms with Crippen molar-refractivity contribution in [2.45, 2.75) is 26.3 Å². The van der Waals surface area contributed by atoms with E-state index >= 15 is 0 Å². The van der Waals surface area contributed by atoms with Crippen molar-refractivity contribution in [3.8, 4) is 11.5 Å². The van der Waals surface area contributed by atoms with E-state index in [0.717, 1.165) is 5.56 Å². The van der Waals surface area contributed by atoms with Crippen LogP contribution in [0.5, 0.6) is 0 Å². The van der Waals surface area contributed by atoms with Gasteiger partial charge in [0.1, 0.15) is 0 Å². The average Bonchev–Trinajstić information content (AvgIpc) is 2.67. The van der Waals surface area contributed by atoms with Gasteiger partial charge in [0.05, 0.1) is 17.0 Å². The first-order chi connectivity index (χ1) is 13.8. The lowest BCUT2D eigenvalue weighted by molar-refractivity contribution is -0.143. The zero-order valence-corrected chi connectivity index (χ0v) is 16.6. The minimum Gasteiger partial charge on any atom is -0.481 e. The lowest BCUT2D eigenvalue weighted by Crippen LogP contribution is -2.38. The molecule has 3 aliphatic heterocycles. The first-order valence-corrected chi connectivity index (χ1v) is 9.77. The number of halogens is 1. The SMILES string of the molecule is Cc1cc2nc3c(=O)[nH]c(=O)nc-3n(CCN3CCC(C(=O)O)CC3)c2cc1Cl. The number of aliphatic carboxylic acids is 1. The molecule has 9 nitrogen and oxygen atoms in total. The quantitative estimate of drug-likeness (QED) is 0.614. The van der Waals surface area contributed by atoms with Gasteiger partial charge in [-0.25, -0.2) is 9.78 Å². The molecule has 152 valence electrons. The van der Waals surface area contributed by atoms with Crippen LogP contribution in [0.15, 0.2) is 21.7 Å². The van der Waals surface area contributed by atoms with Gasteiger partial charge in [-0.2, -0.15) is 4.98 Å². The number of nitrogens with one attached hydrogen (secondary N) is 1. The Morgan fingerprint density at radius 2 is 1.97 bits per heavy atom. The standard InChI is InChI=1S/C19H20ClN5O4/c1-10-8-13-14(9-12(10)20)25(16-15(21-13)17(26)23-19(29)22-16)7-6-24-4-2-11(3-5-24)18(27)28/h8-9,11H,2-7H2,1H3,(H,27,28)(H,23,26,29). The Morgan fingerprint density at radius 1 is 1.24 bits per heavy atom. The smallest absolute Gasteiger partial charge is 0.349 e. The second-order valence-electron chi connectivity index (χ2n) is 7.35.